The molecule has 8 rings (SSSR count). The lowest BCUT2D eigenvalue weighted by Crippen LogP contribution is -2.83. The summed E-state index contributed by atoms with van der Waals surface area (Å²) < 4.78 is 38.5. The number of esters is 1. The molecule has 6 atom stereocenters. The third-order valence-corrected chi connectivity index (χ3v) is 11.6. The summed E-state index contributed by atoms with van der Waals surface area (Å²) in [6, 6.07) is 24.4. The Balaban J connectivity index is 1.28. The van der Waals surface area contributed by atoms with Crippen molar-refractivity contribution < 1.29 is 23.4 Å². The van der Waals surface area contributed by atoms with Gasteiger partial charge in [0.1, 0.15) is 29.9 Å². The van der Waals surface area contributed by atoms with Gasteiger partial charge in [0.05, 0.1) is 11.5 Å². The molecular weight excluding hydrogens is 591 g/mol. The van der Waals surface area contributed by atoms with E-state index in [9.17, 15) is 4.79 Å². The standard InChI is InChI=1S/C40H47FN2O4/c1-38(2,3)37(44)47-39-20-19-30(42(4)22-26-11-7-5-8-12-26)36-40(39)32(41)24-43(23-27-15-16-27)33(39)21-29-17-18-31(35(46-36)34(29)40)45-25-28-13-9-6-10-14-28/h5-14,17-18,27,30,32-33,36H,15-16,19-25H2,1-4H3/t30-,32-,33+,36+,39-,40+/m1/s1. The summed E-state index contributed by atoms with van der Waals surface area (Å²) in [6.45, 7) is 7.95. The molecule has 2 bridgehead atoms. The van der Waals surface area contributed by atoms with Crippen LogP contribution in [0.15, 0.2) is 72.8 Å². The Morgan fingerprint density at radius 3 is 2.38 bits per heavy atom. The van der Waals surface area contributed by atoms with E-state index in [4.69, 9.17) is 14.2 Å². The summed E-state index contributed by atoms with van der Waals surface area (Å²) >= 11 is 0. The van der Waals surface area contributed by atoms with Crippen LogP contribution < -0.4 is 9.47 Å². The predicted octanol–water partition coefficient (Wildman–Crippen LogP) is 6.88. The summed E-state index contributed by atoms with van der Waals surface area (Å²) in [6.07, 6.45) is 2.54. The van der Waals surface area contributed by atoms with E-state index in [-0.39, 0.29) is 18.1 Å². The first kappa shape index (κ1) is 30.9. The van der Waals surface area contributed by atoms with Crippen LogP contribution in [0.4, 0.5) is 4.39 Å². The lowest BCUT2D eigenvalue weighted by molar-refractivity contribution is -0.246. The smallest absolute Gasteiger partial charge is 0.311 e. The number of benzene rings is 3. The van der Waals surface area contributed by atoms with Crippen LogP contribution in [0.5, 0.6) is 11.5 Å². The molecule has 2 heterocycles. The Labute approximate surface area is 278 Å². The van der Waals surface area contributed by atoms with Crippen molar-refractivity contribution in [3.63, 3.8) is 0 Å². The lowest BCUT2D eigenvalue weighted by atomic mass is 9.47. The van der Waals surface area contributed by atoms with Gasteiger partial charge in [0.15, 0.2) is 11.5 Å². The van der Waals surface area contributed by atoms with Gasteiger partial charge in [0.2, 0.25) is 0 Å². The first-order valence-electron chi connectivity index (χ1n) is 17.5. The van der Waals surface area contributed by atoms with Crippen LogP contribution in [0.3, 0.4) is 0 Å². The first-order valence-corrected chi connectivity index (χ1v) is 17.5. The monoisotopic (exact) mass is 638 g/mol. The van der Waals surface area contributed by atoms with E-state index in [1.807, 2.05) is 63.2 Å². The van der Waals surface area contributed by atoms with E-state index in [1.165, 1.54) is 18.4 Å². The van der Waals surface area contributed by atoms with Crippen molar-refractivity contribution in [2.24, 2.45) is 11.3 Å². The summed E-state index contributed by atoms with van der Waals surface area (Å²) in [4.78, 5) is 18.7. The molecule has 3 fully saturated rings. The third-order valence-electron chi connectivity index (χ3n) is 11.6. The topological polar surface area (TPSA) is 51.2 Å². The quantitative estimate of drug-likeness (QED) is 0.239. The Morgan fingerprint density at radius 1 is 1.00 bits per heavy atom. The molecule has 1 saturated heterocycles. The van der Waals surface area contributed by atoms with Gasteiger partial charge in [-0.25, -0.2) is 4.39 Å². The number of rotatable bonds is 9. The predicted molar refractivity (Wildman–Crippen MR) is 179 cm³/mol. The normalized spacial score (nSPS) is 30.9. The molecule has 47 heavy (non-hydrogen) atoms. The molecule has 6 nitrogen and oxygen atoms in total. The molecule has 3 aliphatic carbocycles. The summed E-state index contributed by atoms with van der Waals surface area (Å²) in [5, 5.41) is 0. The number of hydrogen-bond donors (Lipinski definition) is 0. The Bertz CT molecular complexity index is 1640. The highest BCUT2D eigenvalue weighted by atomic mass is 19.1. The molecule has 1 spiro atoms. The Morgan fingerprint density at radius 2 is 1.70 bits per heavy atom. The highest BCUT2D eigenvalue weighted by molar-refractivity contribution is 5.77. The van der Waals surface area contributed by atoms with Crippen molar-refractivity contribution in [3.05, 3.63) is 95.1 Å². The fourth-order valence-electron chi connectivity index (χ4n) is 9.22. The fourth-order valence-corrected chi connectivity index (χ4v) is 9.22. The maximum Gasteiger partial charge on any atom is 0.311 e. The zero-order chi connectivity index (χ0) is 32.6. The average molecular weight is 639 g/mol. The number of halogens is 1. The number of hydrogen-bond acceptors (Lipinski definition) is 6. The zero-order valence-corrected chi connectivity index (χ0v) is 28.1. The number of carbonyl (C=O) groups is 1. The van der Waals surface area contributed by atoms with Gasteiger partial charge in [-0.3, -0.25) is 14.6 Å². The number of ether oxygens (including phenoxy) is 3. The third kappa shape index (κ3) is 4.90. The molecule has 7 heteroatoms. The zero-order valence-electron chi connectivity index (χ0n) is 28.1. The Hall–Kier alpha value is -3.42. The summed E-state index contributed by atoms with van der Waals surface area (Å²) in [5.41, 5.74) is 1.28. The molecule has 0 unspecified atom stereocenters. The van der Waals surface area contributed by atoms with Crippen LogP contribution in [0.25, 0.3) is 0 Å². The fraction of sp³-hybridized carbons (Fsp3) is 0.525. The van der Waals surface area contributed by atoms with Crippen LogP contribution in [0.1, 0.15) is 68.7 Å². The number of carbonyl (C=O) groups excluding carboxylic acids is 1. The maximum absolute atomic E-state index is 17.9. The molecule has 248 valence electrons. The maximum atomic E-state index is 17.9. The summed E-state index contributed by atoms with van der Waals surface area (Å²) in [7, 11) is 2.12. The molecule has 0 amide bonds. The second-order valence-electron chi connectivity index (χ2n) is 15.7. The van der Waals surface area contributed by atoms with Gasteiger partial charge in [0.25, 0.3) is 0 Å². The van der Waals surface area contributed by atoms with Gasteiger partial charge in [0, 0.05) is 31.2 Å². The molecule has 2 saturated carbocycles. The van der Waals surface area contributed by atoms with Crippen molar-refractivity contribution in [1.82, 2.24) is 9.80 Å². The van der Waals surface area contributed by atoms with E-state index in [2.05, 4.69) is 47.2 Å². The number of nitrogens with zero attached hydrogens (tertiary/aromatic N) is 2. The Kier molecular flexibility index (Phi) is 7.45. The molecule has 0 radical (unpaired) electrons. The molecule has 3 aromatic rings. The molecule has 0 aromatic heterocycles. The molecule has 0 N–H and O–H groups in total. The van der Waals surface area contributed by atoms with Crippen LogP contribution in [0, 0.1) is 11.3 Å². The van der Waals surface area contributed by atoms with Gasteiger partial charge in [-0.15, -0.1) is 0 Å². The highest BCUT2D eigenvalue weighted by Crippen LogP contribution is 2.68. The van der Waals surface area contributed by atoms with Crippen molar-refractivity contribution in [1.29, 1.82) is 0 Å². The largest absolute Gasteiger partial charge is 0.485 e. The van der Waals surface area contributed by atoms with Crippen molar-refractivity contribution >= 4 is 5.97 Å². The first-order chi connectivity index (χ1) is 22.6. The number of piperidine rings is 1. The lowest BCUT2D eigenvalue weighted by Gasteiger charge is -2.66. The average Bonchev–Trinajstić information content (AvgIpc) is 3.79. The molecule has 2 aliphatic heterocycles. The van der Waals surface area contributed by atoms with Gasteiger partial charge >= 0.3 is 5.97 Å². The van der Waals surface area contributed by atoms with E-state index < -0.39 is 28.7 Å². The van der Waals surface area contributed by atoms with Crippen molar-refractivity contribution in [2.75, 3.05) is 20.1 Å². The summed E-state index contributed by atoms with van der Waals surface area (Å²) in [5.74, 6) is 1.58. The van der Waals surface area contributed by atoms with E-state index in [1.54, 1.807) is 0 Å². The van der Waals surface area contributed by atoms with Crippen molar-refractivity contribution in [2.45, 2.75) is 101 Å². The van der Waals surface area contributed by atoms with E-state index in [0.717, 1.165) is 29.7 Å². The van der Waals surface area contributed by atoms with Crippen molar-refractivity contribution in [3.8, 4) is 11.5 Å². The number of likely N-dealkylation sites (tertiary alicyclic amines) is 1. The molecular formula is C40H47FN2O4. The highest BCUT2D eigenvalue weighted by Gasteiger charge is 2.79. The van der Waals surface area contributed by atoms with E-state index >= 15 is 4.39 Å². The van der Waals surface area contributed by atoms with E-state index in [0.29, 0.717) is 50.0 Å². The van der Waals surface area contributed by atoms with Crippen LogP contribution in [0.2, 0.25) is 0 Å². The van der Waals surface area contributed by atoms with Crippen LogP contribution in [-0.4, -0.2) is 65.9 Å². The number of likely N-dealkylation sites (N-methyl/N-ethyl adjacent to an activating group) is 1. The number of alkyl halides is 1. The molecule has 5 aliphatic rings. The van der Waals surface area contributed by atoms with Gasteiger partial charge in [-0.2, -0.15) is 0 Å². The minimum atomic E-state index is -1.28. The second-order valence-corrected chi connectivity index (χ2v) is 15.7. The SMILES string of the molecule is CN(Cc1ccccc1)[C@@H]1CC[C@@]2(OC(=O)C(C)(C)C)[C@@H]3Cc4ccc(OCc5ccccc5)c5c4[C@@]2([C@H](F)CN3CC2CC2)[C@H]1O5. The minimum Gasteiger partial charge on any atom is -0.485 e. The van der Waals surface area contributed by atoms with Gasteiger partial charge in [-0.05, 0) is 88.6 Å². The second kappa shape index (κ2) is 11.3. The van der Waals surface area contributed by atoms with Crippen LogP contribution >= 0.6 is 0 Å². The van der Waals surface area contributed by atoms with Gasteiger partial charge in [-0.1, -0.05) is 66.7 Å². The van der Waals surface area contributed by atoms with Crippen LogP contribution in [-0.2, 0) is 34.5 Å². The van der Waals surface area contributed by atoms with Gasteiger partial charge < -0.3 is 14.2 Å². The minimum absolute atomic E-state index is 0.0918. The molecule has 3 aromatic carbocycles.